The zero-order valence-electron chi connectivity index (χ0n) is 7.13. The molecule has 0 aliphatic carbocycles. The molecule has 1 rings (SSSR count). The molecule has 0 unspecified atom stereocenters. The summed E-state index contributed by atoms with van der Waals surface area (Å²) in [6.45, 7) is 2.21. The zero-order valence-corrected chi connectivity index (χ0v) is 8.64. The predicted molar refractivity (Wildman–Crippen MR) is 54.3 cm³/mol. The summed E-state index contributed by atoms with van der Waals surface area (Å²) in [7, 11) is 0. The van der Waals surface area contributed by atoms with Crippen LogP contribution in [-0.4, -0.2) is 11.6 Å². The van der Waals surface area contributed by atoms with Gasteiger partial charge in [-0.1, -0.05) is 29.3 Å². The molecule has 0 amide bonds. The molecule has 1 aromatic rings. The van der Waals surface area contributed by atoms with Crippen LogP contribution in [0, 0.1) is 6.92 Å². The number of ether oxygens (including phenoxy) is 1. The van der Waals surface area contributed by atoms with Crippen molar-refractivity contribution in [3.63, 3.8) is 0 Å². The van der Waals surface area contributed by atoms with Crippen molar-refractivity contribution in [1.82, 2.24) is 4.98 Å². The minimum absolute atomic E-state index is 0.251. The fourth-order valence-electron chi connectivity index (χ4n) is 0.714. The van der Waals surface area contributed by atoms with Crippen molar-refractivity contribution in [2.75, 3.05) is 6.61 Å². The number of rotatable bonds is 3. The maximum Gasteiger partial charge on any atom is 0.213 e. The molecule has 2 nitrogen and oxygen atoms in total. The Morgan fingerprint density at radius 3 is 2.92 bits per heavy atom. The Kier molecular flexibility index (Phi) is 4.06. The first-order chi connectivity index (χ1) is 6.22. The maximum absolute atomic E-state index is 5.62. The Morgan fingerprint density at radius 1 is 1.62 bits per heavy atom. The van der Waals surface area contributed by atoms with Gasteiger partial charge in [-0.25, -0.2) is 4.98 Å². The van der Waals surface area contributed by atoms with Gasteiger partial charge in [0.15, 0.2) is 0 Å². The van der Waals surface area contributed by atoms with Gasteiger partial charge in [-0.2, -0.15) is 0 Å². The first-order valence-electron chi connectivity index (χ1n) is 3.72. The van der Waals surface area contributed by atoms with Gasteiger partial charge in [0.1, 0.15) is 6.61 Å². The first kappa shape index (κ1) is 10.4. The summed E-state index contributed by atoms with van der Waals surface area (Å²) >= 11 is 11.0. The SMILES string of the molecule is Cc1ccc(OC/C(Cl)=C/Cl)nc1. The summed E-state index contributed by atoms with van der Waals surface area (Å²) in [6.07, 6.45) is 1.73. The van der Waals surface area contributed by atoms with Crippen molar-refractivity contribution in [3.8, 4) is 5.88 Å². The second kappa shape index (κ2) is 5.10. The monoisotopic (exact) mass is 217 g/mol. The van der Waals surface area contributed by atoms with E-state index in [2.05, 4.69) is 4.98 Å². The molecule has 1 heterocycles. The van der Waals surface area contributed by atoms with Gasteiger partial charge in [-0.3, -0.25) is 0 Å². The smallest absolute Gasteiger partial charge is 0.213 e. The third-order valence-corrected chi connectivity index (χ3v) is 1.95. The number of aromatic nitrogens is 1. The Balaban J connectivity index is 2.51. The van der Waals surface area contributed by atoms with Crippen LogP contribution in [0.1, 0.15) is 5.56 Å². The Labute approximate surface area is 87.1 Å². The van der Waals surface area contributed by atoms with Crippen LogP contribution in [0.25, 0.3) is 0 Å². The minimum atomic E-state index is 0.251. The number of nitrogens with zero attached hydrogens (tertiary/aromatic N) is 1. The van der Waals surface area contributed by atoms with Crippen LogP contribution >= 0.6 is 23.2 Å². The largest absolute Gasteiger partial charge is 0.472 e. The van der Waals surface area contributed by atoms with Crippen molar-refractivity contribution < 1.29 is 4.74 Å². The second-order valence-corrected chi connectivity index (χ2v) is 3.22. The molecule has 70 valence electrons. The maximum atomic E-state index is 5.62. The molecule has 0 atom stereocenters. The van der Waals surface area contributed by atoms with E-state index in [0.29, 0.717) is 10.9 Å². The fourth-order valence-corrected chi connectivity index (χ4v) is 0.832. The van der Waals surface area contributed by atoms with E-state index in [9.17, 15) is 0 Å². The second-order valence-electron chi connectivity index (χ2n) is 2.52. The van der Waals surface area contributed by atoms with Crippen LogP contribution < -0.4 is 4.74 Å². The molecule has 0 aliphatic rings. The highest BCUT2D eigenvalue weighted by Crippen LogP contribution is 2.10. The molecular weight excluding hydrogens is 209 g/mol. The van der Waals surface area contributed by atoms with Gasteiger partial charge in [-0.15, -0.1) is 0 Å². The third-order valence-electron chi connectivity index (χ3n) is 1.36. The molecule has 0 aromatic carbocycles. The van der Waals surface area contributed by atoms with Gasteiger partial charge in [-0.05, 0) is 12.5 Å². The molecule has 0 fully saturated rings. The lowest BCUT2D eigenvalue weighted by Crippen LogP contribution is -1.98. The summed E-state index contributed by atoms with van der Waals surface area (Å²) in [5.74, 6) is 0.544. The van der Waals surface area contributed by atoms with E-state index in [0.717, 1.165) is 5.56 Å². The van der Waals surface area contributed by atoms with E-state index in [4.69, 9.17) is 27.9 Å². The van der Waals surface area contributed by atoms with Crippen molar-refractivity contribution in [2.45, 2.75) is 6.92 Å². The Hall–Kier alpha value is -0.730. The lowest BCUT2D eigenvalue weighted by Gasteiger charge is -2.03. The topological polar surface area (TPSA) is 22.1 Å². The minimum Gasteiger partial charge on any atom is -0.472 e. The summed E-state index contributed by atoms with van der Waals surface area (Å²) in [6, 6.07) is 3.70. The summed E-state index contributed by atoms with van der Waals surface area (Å²) in [5, 5.41) is 0.448. The van der Waals surface area contributed by atoms with Crippen molar-refractivity contribution in [3.05, 3.63) is 34.5 Å². The van der Waals surface area contributed by atoms with Gasteiger partial charge in [0.2, 0.25) is 5.88 Å². The van der Waals surface area contributed by atoms with Crippen LogP contribution in [-0.2, 0) is 0 Å². The van der Waals surface area contributed by atoms with Crippen LogP contribution in [0.5, 0.6) is 5.88 Å². The molecule has 0 saturated carbocycles. The standard InChI is InChI=1S/C9H9Cl2NO/c1-7-2-3-9(12-5-7)13-6-8(11)4-10/h2-5H,6H2,1H3/b8-4-. The number of halogens is 2. The van der Waals surface area contributed by atoms with E-state index >= 15 is 0 Å². The van der Waals surface area contributed by atoms with Crippen molar-refractivity contribution >= 4 is 23.2 Å². The van der Waals surface area contributed by atoms with E-state index < -0.39 is 0 Å². The molecule has 0 bridgehead atoms. The molecule has 1 aromatic heterocycles. The summed E-state index contributed by atoms with van der Waals surface area (Å²) in [5.41, 5.74) is 2.36. The molecule has 0 saturated heterocycles. The Bertz CT molecular complexity index is 295. The molecule has 0 spiro atoms. The normalized spacial score (nSPS) is 11.5. The highest BCUT2D eigenvalue weighted by Gasteiger charge is 1.96. The predicted octanol–water partition coefficient (Wildman–Crippen LogP) is 3.09. The van der Waals surface area contributed by atoms with Gasteiger partial charge in [0.25, 0.3) is 0 Å². The first-order valence-corrected chi connectivity index (χ1v) is 4.54. The third kappa shape index (κ3) is 3.66. The van der Waals surface area contributed by atoms with Crippen molar-refractivity contribution in [1.29, 1.82) is 0 Å². The highest BCUT2D eigenvalue weighted by molar-refractivity contribution is 6.36. The van der Waals surface area contributed by atoms with Gasteiger partial charge in [0.05, 0.1) is 5.03 Å². The van der Waals surface area contributed by atoms with Crippen LogP contribution in [0.4, 0.5) is 0 Å². The van der Waals surface area contributed by atoms with Crippen LogP contribution in [0.3, 0.4) is 0 Å². The van der Waals surface area contributed by atoms with E-state index in [1.54, 1.807) is 12.3 Å². The summed E-state index contributed by atoms with van der Waals surface area (Å²) in [4.78, 5) is 4.03. The lowest BCUT2D eigenvalue weighted by molar-refractivity contribution is 0.345. The van der Waals surface area contributed by atoms with Crippen LogP contribution in [0.2, 0.25) is 0 Å². The number of aryl methyl sites for hydroxylation is 1. The average molecular weight is 218 g/mol. The summed E-state index contributed by atoms with van der Waals surface area (Å²) < 4.78 is 5.22. The number of hydrogen-bond acceptors (Lipinski definition) is 2. The quantitative estimate of drug-likeness (QED) is 0.777. The molecule has 13 heavy (non-hydrogen) atoms. The lowest BCUT2D eigenvalue weighted by atomic mass is 10.3. The molecule has 4 heteroatoms. The van der Waals surface area contributed by atoms with Gasteiger partial charge in [0, 0.05) is 17.8 Å². The highest BCUT2D eigenvalue weighted by atomic mass is 35.5. The number of pyridine rings is 1. The number of hydrogen-bond donors (Lipinski definition) is 0. The zero-order chi connectivity index (χ0) is 9.68. The molecule has 0 N–H and O–H groups in total. The van der Waals surface area contributed by atoms with Gasteiger partial charge < -0.3 is 4.74 Å². The molecule has 0 aliphatic heterocycles. The van der Waals surface area contributed by atoms with Crippen molar-refractivity contribution in [2.24, 2.45) is 0 Å². The van der Waals surface area contributed by atoms with Crippen LogP contribution in [0.15, 0.2) is 28.9 Å². The van der Waals surface area contributed by atoms with E-state index in [1.807, 2.05) is 13.0 Å². The molecule has 0 radical (unpaired) electrons. The molecular formula is C9H9Cl2NO. The fraction of sp³-hybridized carbons (Fsp3) is 0.222. The Morgan fingerprint density at radius 2 is 2.38 bits per heavy atom. The van der Waals surface area contributed by atoms with E-state index in [-0.39, 0.29) is 6.61 Å². The van der Waals surface area contributed by atoms with Gasteiger partial charge >= 0.3 is 0 Å². The van der Waals surface area contributed by atoms with E-state index in [1.165, 1.54) is 5.54 Å². The average Bonchev–Trinajstić information content (AvgIpc) is 2.16.